The van der Waals surface area contributed by atoms with Crippen LogP contribution in [-0.4, -0.2) is 13.2 Å². The number of hydrogen-bond acceptors (Lipinski definition) is 1. The van der Waals surface area contributed by atoms with Crippen molar-refractivity contribution in [1.82, 2.24) is 0 Å². The molecule has 0 radical (unpaired) electrons. The van der Waals surface area contributed by atoms with Crippen molar-refractivity contribution in [3.05, 3.63) is 0 Å². The molecule has 0 spiro atoms. The third kappa shape index (κ3) is 6.66. The van der Waals surface area contributed by atoms with Gasteiger partial charge in [0.1, 0.15) is 0 Å². The summed E-state index contributed by atoms with van der Waals surface area (Å²) in [5.74, 6) is 1.66. The van der Waals surface area contributed by atoms with Gasteiger partial charge in [0.05, 0.1) is 0 Å². The second-order valence-electron chi connectivity index (χ2n) is 2.82. The average Bonchev–Trinajstić information content (AvgIpc) is 2.17. The third-order valence-corrected chi connectivity index (χ3v) is 2.07. The summed E-state index contributed by atoms with van der Waals surface area (Å²) in [7, 11) is 0. The molecule has 0 aliphatic carbocycles. The van der Waals surface area contributed by atoms with Crippen LogP contribution in [0, 0.1) is 11.8 Å². The van der Waals surface area contributed by atoms with E-state index in [1.54, 1.807) is 0 Å². The van der Waals surface area contributed by atoms with Crippen molar-refractivity contribution >= 4 is 0 Å². The van der Waals surface area contributed by atoms with Gasteiger partial charge in [-0.15, -0.1) is 0 Å². The van der Waals surface area contributed by atoms with Crippen LogP contribution in [0.4, 0.5) is 0 Å². The molecule has 0 aromatic heterocycles. The lowest BCUT2D eigenvalue weighted by Crippen LogP contribution is -2.22. The van der Waals surface area contributed by atoms with Crippen LogP contribution in [0.2, 0.25) is 0 Å². The van der Waals surface area contributed by atoms with Crippen LogP contribution in [-0.2, 0) is 4.74 Å². The molecule has 1 rings (SSSR count). The monoisotopic (exact) mass is 174 g/mol. The maximum Gasteiger partial charge on any atom is 0.0494 e. The highest BCUT2D eigenvalue weighted by molar-refractivity contribution is 4.64. The van der Waals surface area contributed by atoms with Gasteiger partial charge < -0.3 is 4.74 Å². The molecule has 0 unspecified atom stereocenters. The predicted molar refractivity (Wildman–Crippen MR) is 56.5 cm³/mol. The highest BCUT2D eigenvalue weighted by atomic mass is 16.5. The van der Waals surface area contributed by atoms with E-state index >= 15 is 0 Å². The van der Waals surface area contributed by atoms with Crippen molar-refractivity contribution in [2.75, 3.05) is 13.2 Å². The van der Waals surface area contributed by atoms with Crippen molar-refractivity contribution < 1.29 is 4.74 Å². The molecule has 1 fully saturated rings. The van der Waals surface area contributed by atoms with E-state index in [1.807, 2.05) is 27.7 Å². The van der Waals surface area contributed by atoms with E-state index in [9.17, 15) is 0 Å². The average molecular weight is 174 g/mol. The highest BCUT2D eigenvalue weighted by Gasteiger charge is 2.16. The van der Waals surface area contributed by atoms with Crippen LogP contribution >= 0.6 is 0 Å². The predicted octanol–water partition coefficient (Wildman–Crippen LogP) is 3.73. The summed E-state index contributed by atoms with van der Waals surface area (Å²) in [5.41, 5.74) is 0. The Hall–Kier alpha value is -0.0400. The third-order valence-electron chi connectivity index (χ3n) is 2.07. The molecule has 0 bridgehead atoms. The number of rotatable bonds is 0. The van der Waals surface area contributed by atoms with E-state index < -0.39 is 0 Å². The molecular formula is C11H26O. The van der Waals surface area contributed by atoms with Gasteiger partial charge in [-0.05, 0) is 18.3 Å². The first-order valence-corrected chi connectivity index (χ1v) is 5.38. The summed E-state index contributed by atoms with van der Waals surface area (Å²) in [6, 6.07) is 0. The van der Waals surface area contributed by atoms with Crippen LogP contribution in [0.3, 0.4) is 0 Å². The van der Waals surface area contributed by atoms with E-state index in [2.05, 4.69) is 13.8 Å². The van der Waals surface area contributed by atoms with Gasteiger partial charge in [-0.2, -0.15) is 0 Å². The van der Waals surface area contributed by atoms with E-state index in [1.165, 1.54) is 6.42 Å². The van der Waals surface area contributed by atoms with E-state index in [0.717, 1.165) is 25.0 Å². The van der Waals surface area contributed by atoms with Gasteiger partial charge in [-0.1, -0.05) is 41.5 Å². The van der Waals surface area contributed by atoms with Crippen LogP contribution in [0.25, 0.3) is 0 Å². The second-order valence-corrected chi connectivity index (χ2v) is 2.82. The molecule has 1 aliphatic heterocycles. The summed E-state index contributed by atoms with van der Waals surface area (Å²) in [6.07, 6.45) is 1.25. The molecule has 1 heteroatoms. The van der Waals surface area contributed by atoms with Gasteiger partial charge in [0.25, 0.3) is 0 Å². The Labute approximate surface area is 78.5 Å². The minimum absolute atomic E-state index is 0.781. The van der Waals surface area contributed by atoms with Crippen LogP contribution in [0.5, 0.6) is 0 Å². The molecule has 0 aromatic carbocycles. The van der Waals surface area contributed by atoms with Gasteiger partial charge in [-0.25, -0.2) is 0 Å². The molecule has 1 aliphatic rings. The first kappa shape index (κ1) is 14.5. The highest BCUT2D eigenvalue weighted by Crippen LogP contribution is 2.19. The number of hydrogen-bond donors (Lipinski definition) is 0. The molecule has 0 amide bonds. The quantitative estimate of drug-likeness (QED) is 0.543. The Morgan fingerprint density at radius 3 is 1.67 bits per heavy atom. The summed E-state index contributed by atoms with van der Waals surface area (Å²) >= 11 is 0. The largest absolute Gasteiger partial charge is 0.381 e. The minimum atomic E-state index is 0.781. The van der Waals surface area contributed by atoms with Crippen molar-refractivity contribution in [2.24, 2.45) is 11.8 Å². The van der Waals surface area contributed by atoms with Gasteiger partial charge in [-0.3, -0.25) is 0 Å². The molecule has 1 nitrogen and oxygen atoms in total. The minimum Gasteiger partial charge on any atom is -0.381 e. The van der Waals surface area contributed by atoms with Crippen molar-refractivity contribution in [1.29, 1.82) is 0 Å². The lowest BCUT2D eigenvalue weighted by molar-refractivity contribution is 0.0303. The zero-order chi connectivity index (χ0) is 9.98. The smallest absolute Gasteiger partial charge is 0.0494 e. The van der Waals surface area contributed by atoms with Gasteiger partial charge in [0, 0.05) is 13.2 Å². The number of ether oxygens (including phenoxy) is 1. The zero-order valence-electron chi connectivity index (χ0n) is 9.68. The molecule has 12 heavy (non-hydrogen) atoms. The van der Waals surface area contributed by atoms with Crippen LogP contribution in [0.15, 0.2) is 0 Å². The van der Waals surface area contributed by atoms with Crippen molar-refractivity contribution in [3.8, 4) is 0 Å². The van der Waals surface area contributed by atoms with Gasteiger partial charge >= 0.3 is 0 Å². The second kappa shape index (κ2) is 11.0. The van der Waals surface area contributed by atoms with Gasteiger partial charge in [0.15, 0.2) is 0 Å². The standard InChI is InChI=1S/C7H14O.2C2H6/c1-6-3-4-8-5-7(6)2;2*1-2/h6-7H,3-5H2,1-2H3;2*1-2H3/t6-,7-;;/m0../s1. The summed E-state index contributed by atoms with van der Waals surface area (Å²) in [4.78, 5) is 0. The van der Waals surface area contributed by atoms with Crippen molar-refractivity contribution in [3.63, 3.8) is 0 Å². The maximum absolute atomic E-state index is 5.25. The fraction of sp³-hybridized carbons (Fsp3) is 1.00. The summed E-state index contributed by atoms with van der Waals surface area (Å²) in [6.45, 7) is 14.5. The van der Waals surface area contributed by atoms with Gasteiger partial charge in [0.2, 0.25) is 0 Å². The van der Waals surface area contributed by atoms with E-state index in [-0.39, 0.29) is 0 Å². The summed E-state index contributed by atoms with van der Waals surface area (Å²) in [5, 5.41) is 0. The Morgan fingerprint density at radius 2 is 1.42 bits per heavy atom. The molecule has 0 aromatic rings. The van der Waals surface area contributed by atoms with Crippen molar-refractivity contribution in [2.45, 2.75) is 48.0 Å². The molecule has 1 saturated heterocycles. The molecule has 0 N–H and O–H groups in total. The Morgan fingerprint density at radius 1 is 0.917 bits per heavy atom. The fourth-order valence-corrected chi connectivity index (χ4v) is 0.987. The normalized spacial score (nSPS) is 27.5. The molecule has 0 saturated carbocycles. The van der Waals surface area contributed by atoms with E-state index in [4.69, 9.17) is 4.74 Å². The van der Waals surface area contributed by atoms with Crippen LogP contribution in [0.1, 0.15) is 48.0 Å². The Kier molecular flexibility index (Phi) is 13.2. The Balaban J connectivity index is 0. The lowest BCUT2D eigenvalue weighted by Gasteiger charge is -2.24. The molecule has 2 atom stereocenters. The first-order valence-electron chi connectivity index (χ1n) is 5.38. The lowest BCUT2D eigenvalue weighted by atomic mass is 9.92. The van der Waals surface area contributed by atoms with Crippen LogP contribution < -0.4 is 0 Å². The topological polar surface area (TPSA) is 9.23 Å². The Bertz CT molecular complexity index is 61.4. The van der Waals surface area contributed by atoms with E-state index in [0.29, 0.717) is 0 Å². The fourth-order valence-electron chi connectivity index (χ4n) is 0.987. The first-order chi connectivity index (χ1) is 5.80. The zero-order valence-corrected chi connectivity index (χ0v) is 9.68. The summed E-state index contributed by atoms with van der Waals surface area (Å²) < 4.78 is 5.25. The maximum atomic E-state index is 5.25. The molecular weight excluding hydrogens is 148 g/mol. The SMILES string of the molecule is CC.CC.C[C@H]1CCOC[C@@H]1C. The molecule has 1 heterocycles. The molecule has 76 valence electrons.